The van der Waals surface area contributed by atoms with Gasteiger partial charge in [-0.2, -0.15) is 0 Å². The van der Waals surface area contributed by atoms with E-state index in [1.54, 1.807) is 6.07 Å². The van der Waals surface area contributed by atoms with Crippen LogP contribution in [0, 0.1) is 11.7 Å². The molecule has 0 aliphatic carbocycles. The minimum absolute atomic E-state index is 0.177. The molecule has 3 rings (SSSR count). The van der Waals surface area contributed by atoms with Gasteiger partial charge in [-0.05, 0) is 48.6 Å². The first-order valence-corrected chi connectivity index (χ1v) is 13.4. The van der Waals surface area contributed by atoms with Gasteiger partial charge >= 0.3 is 0 Å². The largest absolute Gasteiger partial charge is 0.494 e. The Bertz CT molecular complexity index is 812. The van der Waals surface area contributed by atoms with E-state index in [1.165, 1.54) is 51.4 Å². The molecular formula is C30H43FO3. The zero-order chi connectivity index (χ0) is 24.0. The topological polar surface area (TPSA) is 27.7 Å². The molecule has 34 heavy (non-hydrogen) atoms. The van der Waals surface area contributed by atoms with Gasteiger partial charge in [0.05, 0.1) is 19.8 Å². The predicted molar refractivity (Wildman–Crippen MR) is 138 cm³/mol. The Hall–Kier alpha value is -1.91. The summed E-state index contributed by atoms with van der Waals surface area (Å²) in [4.78, 5) is 0. The van der Waals surface area contributed by atoms with Crippen LogP contribution in [0.25, 0.3) is 11.1 Å². The van der Waals surface area contributed by atoms with Gasteiger partial charge in [-0.1, -0.05) is 83.1 Å². The number of aryl methyl sites for hydroxylation is 1. The number of rotatable bonds is 15. The standard InChI is InChI=1S/C30H43FO3/c1-3-5-7-8-9-11-25-22-33-30(34-23-25)19-13-24-12-18-28(29(31)21-24)26-14-16-27(17-15-26)32-20-10-6-4-2/h12,14-18,21,25,30H,3-11,13,19-20,22-23H2,1-2H3. The van der Waals surface area contributed by atoms with E-state index >= 15 is 0 Å². The van der Waals surface area contributed by atoms with Crippen molar-refractivity contribution in [1.82, 2.24) is 0 Å². The molecule has 1 saturated heterocycles. The van der Waals surface area contributed by atoms with Crippen molar-refractivity contribution in [2.24, 2.45) is 5.92 Å². The van der Waals surface area contributed by atoms with Crippen molar-refractivity contribution in [3.8, 4) is 16.9 Å². The van der Waals surface area contributed by atoms with Crippen LogP contribution in [0.4, 0.5) is 4.39 Å². The Kier molecular flexibility index (Phi) is 11.9. The van der Waals surface area contributed by atoms with E-state index in [4.69, 9.17) is 14.2 Å². The Balaban J connectivity index is 1.40. The summed E-state index contributed by atoms with van der Waals surface area (Å²) in [5.41, 5.74) is 2.46. The van der Waals surface area contributed by atoms with Crippen molar-refractivity contribution in [2.45, 2.75) is 90.8 Å². The lowest BCUT2D eigenvalue weighted by Gasteiger charge is -2.29. The Labute approximate surface area is 206 Å². The van der Waals surface area contributed by atoms with Crippen molar-refractivity contribution in [1.29, 1.82) is 0 Å². The third kappa shape index (κ3) is 9.03. The molecule has 1 heterocycles. The average molecular weight is 471 g/mol. The summed E-state index contributed by atoms with van der Waals surface area (Å²) >= 11 is 0. The van der Waals surface area contributed by atoms with Gasteiger partial charge in [-0.15, -0.1) is 0 Å². The van der Waals surface area contributed by atoms with Gasteiger partial charge in [0.25, 0.3) is 0 Å². The van der Waals surface area contributed by atoms with E-state index in [0.29, 0.717) is 11.5 Å². The monoisotopic (exact) mass is 470 g/mol. The maximum atomic E-state index is 14.8. The molecule has 0 saturated carbocycles. The lowest BCUT2D eigenvalue weighted by Crippen LogP contribution is -2.32. The van der Waals surface area contributed by atoms with Gasteiger partial charge in [0.2, 0.25) is 0 Å². The maximum absolute atomic E-state index is 14.8. The number of hydrogen-bond acceptors (Lipinski definition) is 3. The first kappa shape index (κ1) is 26.7. The van der Waals surface area contributed by atoms with Crippen molar-refractivity contribution < 1.29 is 18.6 Å². The predicted octanol–water partition coefficient (Wildman–Crippen LogP) is 8.34. The van der Waals surface area contributed by atoms with E-state index in [0.717, 1.165) is 56.0 Å². The lowest BCUT2D eigenvalue weighted by molar-refractivity contribution is -0.203. The summed E-state index contributed by atoms with van der Waals surface area (Å²) < 4.78 is 32.5. The molecule has 0 radical (unpaired) electrons. The van der Waals surface area contributed by atoms with E-state index in [1.807, 2.05) is 36.4 Å². The van der Waals surface area contributed by atoms with E-state index in [-0.39, 0.29) is 12.1 Å². The Morgan fingerprint density at radius 1 is 0.824 bits per heavy atom. The molecule has 2 aromatic carbocycles. The molecule has 188 valence electrons. The summed E-state index contributed by atoms with van der Waals surface area (Å²) in [6.45, 7) is 6.71. The minimum atomic E-state index is -0.192. The normalized spacial score (nSPS) is 18.2. The zero-order valence-corrected chi connectivity index (χ0v) is 21.2. The average Bonchev–Trinajstić information content (AvgIpc) is 2.86. The van der Waals surface area contributed by atoms with Crippen LogP contribution in [-0.2, 0) is 15.9 Å². The fourth-order valence-electron chi connectivity index (χ4n) is 4.46. The molecule has 1 aliphatic heterocycles. The second kappa shape index (κ2) is 15.2. The smallest absolute Gasteiger partial charge is 0.157 e. The number of hydrogen-bond donors (Lipinski definition) is 0. The van der Waals surface area contributed by atoms with Crippen LogP contribution in [0.3, 0.4) is 0 Å². The highest BCUT2D eigenvalue weighted by Gasteiger charge is 2.22. The fraction of sp³-hybridized carbons (Fsp3) is 0.600. The fourth-order valence-corrected chi connectivity index (χ4v) is 4.46. The Morgan fingerprint density at radius 2 is 1.53 bits per heavy atom. The number of unbranched alkanes of at least 4 members (excludes halogenated alkanes) is 6. The summed E-state index contributed by atoms with van der Waals surface area (Å²) in [6.07, 6.45) is 12.5. The summed E-state index contributed by atoms with van der Waals surface area (Å²) in [6, 6.07) is 13.2. The quantitative estimate of drug-likeness (QED) is 0.245. The molecular weight excluding hydrogens is 427 g/mol. The highest BCUT2D eigenvalue weighted by atomic mass is 19.1. The Morgan fingerprint density at radius 3 is 2.24 bits per heavy atom. The van der Waals surface area contributed by atoms with Crippen LogP contribution in [0.15, 0.2) is 42.5 Å². The van der Waals surface area contributed by atoms with Crippen molar-refractivity contribution in [3.63, 3.8) is 0 Å². The first-order valence-electron chi connectivity index (χ1n) is 13.4. The molecule has 0 aromatic heterocycles. The van der Waals surface area contributed by atoms with Gasteiger partial charge in [-0.25, -0.2) is 4.39 Å². The number of benzene rings is 2. The van der Waals surface area contributed by atoms with Gasteiger partial charge in [0.1, 0.15) is 11.6 Å². The van der Waals surface area contributed by atoms with Crippen LogP contribution < -0.4 is 4.74 Å². The van der Waals surface area contributed by atoms with Crippen LogP contribution in [0.5, 0.6) is 5.75 Å². The van der Waals surface area contributed by atoms with Crippen molar-refractivity contribution >= 4 is 0 Å². The molecule has 3 nitrogen and oxygen atoms in total. The van der Waals surface area contributed by atoms with E-state index < -0.39 is 0 Å². The van der Waals surface area contributed by atoms with Gasteiger partial charge in [-0.3, -0.25) is 0 Å². The van der Waals surface area contributed by atoms with E-state index in [2.05, 4.69) is 13.8 Å². The molecule has 0 amide bonds. The summed E-state index contributed by atoms with van der Waals surface area (Å²) in [7, 11) is 0. The number of halogens is 1. The lowest BCUT2D eigenvalue weighted by atomic mass is 10.00. The third-order valence-corrected chi connectivity index (χ3v) is 6.64. The maximum Gasteiger partial charge on any atom is 0.157 e. The molecule has 4 heteroatoms. The molecule has 0 bridgehead atoms. The van der Waals surface area contributed by atoms with Gasteiger partial charge in [0, 0.05) is 17.9 Å². The molecule has 1 fully saturated rings. The summed E-state index contributed by atoms with van der Waals surface area (Å²) in [5.74, 6) is 1.16. The second-order valence-electron chi connectivity index (χ2n) is 9.60. The molecule has 0 atom stereocenters. The molecule has 0 N–H and O–H groups in total. The summed E-state index contributed by atoms with van der Waals surface area (Å²) in [5, 5.41) is 0. The highest BCUT2D eigenvalue weighted by Crippen LogP contribution is 2.27. The molecule has 0 spiro atoms. The van der Waals surface area contributed by atoms with Crippen LogP contribution in [0.2, 0.25) is 0 Å². The van der Waals surface area contributed by atoms with Crippen LogP contribution in [0.1, 0.15) is 83.6 Å². The minimum Gasteiger partial charge on any atom is -0.494 e. The van der Waals surface area contributed by atoms with Gasteiger partial charge < -0.3 is 14.2 Å². The molecule has 2 aromatic rings. The zero-order valence-electron chi connectivity index (χ0n) is 21.2. The number of ether oxygens (including phenoxy) is 3. The van der Waals surface area contributed by atoms with Gasteiger partial charge in [0.15, 0.2) is 6.29 Å². The first-order chi connectivity index (χ1) is 16.7. The van der Waals surface area contributed by atoms with Crippen LogP contribution in [-0.4, -0.2) is 26.1 Å². The second-order valence-corrected chi connectivity index (χ2v) is 9.60. The molecule has 1 aliphatic rings. The van der Waals surface area contributed by atoms with Crippen molar-refractivity contribution in [3.05, 3.63) is 53.8 Å². The highest BCUT2D eigenvalue weighted by molar-refractivity contribution is 5.65. The van der Waals surface area contributed by atoms with E-state index in [9.17, 15) is 4.39 Å². The SMILES string of the molecule is CCCCCCCC1COC(CCc2ccc(-c3ccc(OCCCCC)cc3)c(F)c2)OC1. The third-order valence-electron chi connectivity index (χ3n) is 6.64. The van der Waals surface area contributed by atoms with Crippen molar-refractivity contribution in [2.75, 3.05) is 19.8 Å². The van der Waals surface area contributed by atoms with Crippen LogP contribution >= 0.6 is 0 Å². The molecule has 0 unspecified atom stereocenters.